The molecule has 4 nitrogen and oxygen atoms in total. The quantitative estimate of drug-likeness (QED) is 0.906. The van der Waals surface area contributed by atoms with Crippen LogP contribution in [0.3, 0.4) is 0 Å². The lowest BCUT2D eigenvalue weighted by Crippen LogP contribution is -2.17. The van der Waals surface area contributed by atoms with E-state index in [1.54, 1.807) is 6.20 Å². The first-order valence-corrected chi connectivity index (χ1v) is 6.47. The largest absolute Gasteiger partial charge is 0.449 e. The van der Waals surface area contributed by atoms with Crippen LogP contribution in [0.4, 0.5) is 10.6 Å². The summed E-state index contributed by atoms with van der Waals surface area (Å²) in [6.07, 6.45) is 2.27. The minimum Gasteiger partial charge on any atom is -0.449 e. The number of hydrogen-bond donors (Lipinski definition) is 1. The molecule has 19 heavy (non-hydrogen) atoms. The molecule has 1 aromatic carbocycles. The first-order chi connectivity index (χ1) is 9.19. The summed E-state index contributed by atoms with van der Waals surface area (Å²) in [5.41, 5.74) is 0. The first-order valence-electron chi connectivity index (χ1n) is 6.47. The lowest BCUT2D eigenvalue weighted by molar-refractivity contribution is 0.143. The van der Waals surface area contributed by atoms with Crippen LogP contribution in [0, 0.1) is 5.92 Å². The van der Waals surface area contributed by atoms with Crippen LogP contribution in [0.5, 0.6) is 0 Å². The van der Waals surface area contributed by atoms with Gasteiger partial charge >= 0.3 is 6.09 Å². The van der Waals surface area contributed by atoms with Gasteiger partial charge in [-0.2, -0.15) is 0 Å². The number of pyridine rings is 1. The molecule has 1 heterocycles. The number of nitrogens with one attached hydrogen (secondary N) is 1. The molecule has 0 fully saturated rings. The number of nitrogens with zero attached hydrogens (tertiary/aromatic N) is 1. The molecule has 100 valence electrons. The van der Waals surface area contributed by atoms with Crippen molar-refractivity contribution in [1.29, 1.82) is 0 Å². The molecule has 0 bridgehead atoms. The Balaban J connectivity index is 1.99. The molecule has 0 aliphatic rings. The van der Waals surface area contributed by atoms with Gasteiger partial charge < -0.3 is 4.74 Å². The van der Waals surface area contributed by atoms with Gasteiger partial charge in [-0.3, -0.25) is 5.32 Å². The van der Waals surface area contributed by atoms with Crippen LogP contribution < -0.4 is 5.32 Å². The summed E-state index contributed by atoms with van der Waals surface area (Å²) in [6, 6.07) is 9.70. The number of aromatic nitrogens is 1. The second-order valence-electron chi connectivity index (χ2n) is 4.65. The normalized spacial score (nSPS) is 12.1. The molecule has 0 radical (unpaired) electrons. The maximum Gasteiger partial charge on any atom is 0.412 e. The van der Waals surface area contributed by atoms with Crippen molar-refractivity contribution in [2.45, 2.75) is 20.3 Å². The number of amides is 1. The molecule has 0 unspecified atom stereocenters. The second-order valence-corrected chi connectivity index (χ2v) is 4.65. The van der Waals surface area contributed by atoms with Gasteiger partial charge in [0, 0.05) is 11.6 Å². The molecule has 0 saturated carbocycles. The zero-order chi connectivity index (χ0) is 13.7. The van der Waals surface area contributed by atoms with Crippen molar-refractivity contribution < 1.29 is 9.53 Å². The minimum atomic E-state index is -0.455. The molecule has 1 amide bonds. The Morgan fingerprint density at radius 1 is 1.37 bits per heavy atom. The van der Waals surface area contributed by atoms with E-state index in [-0.39, 0.29) is 0 Å². The Bertz CT molecular complexity index is 569. The van der Waals surface area contributed by atoms with E-state index < -0.39 is 6.09 Å². The number of rotatable bonds is 4. The average molecular weight is 258 g/mol. The second kappa shape index (κ2) is 6.18. The van der Waals surface area contributed by atoms with Crippen molar-refractivity contribution in [3.8, 4) is 0 Å². The van der Waals surface area contributed by atoms with E-state index in [4.69, 9.17) is 4.74 Å². The number of carbonyl (C=O) groups is 1. The van der Waals surface area contributed by atoms with Crippen LogP contribution in [-0.2, 0) is 4.74 Å². The third kappa shape index (κ3) is 3.68. The fourth-order valence-corrected chi connectivity index (χ4v) is 1.63. The maximum atomic E-state index is 11.6. The molecule has 0 spiro atoms. The van der Waals surface area contributed by atoms with Gasteiger partial charge in [0.15, 0.2) is 0 Å². The summed E-state index contributed by atoms with van der Waals surface area (Å²) in [7, 11) is 0. The SMILES string of the molecule is CC[C@H](C)COC(=O)Nc1cc2ccccc2cn1. The molecule has 2 aromatic rings. The van der Waals surface area contributed by atoms with Gasteiger partial charge in [-0.25, -0.2) is 9.78 Å². The molecule has 2 rings (SSSR count). The van der Waals surface area contributed by atoms with Gasteiger partial charge in [-0.05, 0) is 17.4 Å². The Kier molecular flexibility index (Phi) is 4.34. The number of fused-ring (bicyclic) bond motifs is 1. The number of anilines is 1. The molecule has 0 aliphatic heterocycles. The standard InChI is InChI=1S/C15H18N2O2/c1-3-11(2)10-19-15(18)17-14-8-12-6-4-5-7-13(12)9-16-14/h4-9,11H,3,10H2,1-2H3,(H,16,17,18)/t11-/m0/s1. The van der Waals surface area contributed by atoms with E-state index >= 15 is 0 Å². The third-order valence-electron chi connectivity index (χ3n) is 3.06. The van der Waals surface area contributed by atoms with Crippen LogP contribution >= 0.6 is 0 Å². The van der Waals surface area contributed by atoms with Crippen LogP contribution in [0.15, 0.2) is 36.5 Å². The number of carbonyl (C=O) groups excluding carboxylic acids is 1. The summed E-state index contributed by atoms with van der Waals surface area (Å²) in [5, 5.41) is 4.72. The van der Waals surface area contributed by atoms with Gasteiger partial charge in [0.2, 0.25) is 0 Å². The monoisotopic (exact) mass is 258 g/mol. The van der Waals surface area contributed by atoms with Crippen molar-refractivity contribution in [2.75, 3.05) is 11.9 Å². The highest BCUT2D eigenvalue weighted by molar-refractivity contribution is 5.89. The van der Waals surface area contributed by atoms with Gasteiger partial charge in [0.1, 0.15) is 5.82 Å². The summed E-state index contributed by atoms with van der Waals surface area (Å²) in [4.78, 5) is 15.8. The molecular weight excluding hydrogens is 240 g/mol. The highest BCUT2D eigenvalue weighted by Gasteiger charge is 2.07. The van der Waals surface area contributed by atoms with E-state index in [0.717, 1.165) is 17.2 Å². The van der Waals surface area contributed by atoms with E-state index in [2.05, 4.69) is 17.2 Å². The Morgan fingerprint density at radius 3 is 2.84 bits per heavy atom. The van der Waals surface area contributed by atoms with Gasteiger partial charge in [0.25, 0.3) is 0 Å². The highest BCUT2D eigenvalue weighted by Crippen LogP contribution is 2.16. The zero-order valence-electron chi connectivity index (χ0n) is 11.2. The van der Waals surface area contributed by atoms with E-state index in [1.165, 1.54) is 0 Å². The van der Waals surface area contributed by atoms with Crippen molar-refractivity contribution >= 4 is 22.7 Å². The predicted molar refractivity (Wildman–Crippen MR) is 76.2 cm³/mol. The van der Waals surface area contributed by atoms with Crippen LogP contribution in [0.1, 0.15) is 20.3 Å². The van der Waals surface area contributed by atoms with Crippen LogP contribution in [-0.4, -0.2) is 17.7 Å². The lowest BCUT2D eigenvalue weighted by Gasteiger charge is -2.10. The molecule has 0 aliphatic carbocycles. The van der Waals surface area contributed by atoms with Gasteiger partial charge in [-0.15, -0.1) is 0 Å². The third-order valence-corrected chi connectivity index (χ3v) is 3.06. The summed E-state index contributed by atoms with van der Waals surface area (Å²) < 4.78 is 5.12. The molecule has 1 aromatic heterocycles. The number of hydrogen-bond acceptors (Lipinski definition) is 3. The summed E-state index contributed by atoms with van der Waals surface area (Å²) in [6.45, 7) is 4.54. The van der Waals surface area contributed by atoms with E-state index in [0.29, 0.717) is 18.3 Å². The highest BCUT2D eigenvalue weighted by atomic mass is 16.5. The summed E-state index contributed by atoms with van der Waals surface area (Å²) >= 11 is 0. The smallest absolute Gasteiger partial charge is 0.412 e. The zero-order valence-corrected chi connectivity index (χ0v) is 11.2. The van der Waals surface area contributed by atoms with Crippen LogP contribution in [0.25, 0.3) is 10.8 Å². The van der Waals surface area contributed by atoms with Crippen molar-refractivity contribution in [3.05, 3.63) is 36.5 Å². The Labute approximate surface area is 112 Å². The Hall–Kier alpha value is -2.10. The van der Waals surface area contributed by atoms with E-state index in [1.807, 2.05) is 37.3 Å². The minimum absolute atomic E-state index is 0.371. The molecule has 0 saturated heterocycles. The number of benzene rings is 1. The van der Waals surface area contributed by atoms with Crippen molar-refractivity contribution in [3.63, 3.8) is 0 Å². The van der Waals surface area contributed by atoms with Crippen molar-refractivity contribution in [2.24, 2.45) is 5.92 Å². The topological polar surface area (TPSA) is 51.2 Å². The number of ether oxygens (including phenoxy) is 1. The fourth-order valence-electron chi connectivity index (χ4n) is 1.63. The maximum absolute atomic E-state index is 11.6. The molecular formula is C15H18N2O2. The summed E-state index contributed by atoms with van der Waals surface area (Å²) in [5.74, 6) is 0.878. The van der Waals surface area contributed by atoms with Gasteiger partial charge in [-0.1, -0.05) is 44.5 Å². The van der Waals surface area contributed by atoms with Gasteiger partial charge in [0.05, 0.1) is 6.61 Å². The van der Waals surface area contributed by atoms with E-state index in [9.17, 15) is 4.79 Å². The fraction of sp³-hybridized carbons (Fsp3) is 0.333. The van der Waals surface area contributed by atoms with Crippen molar-refractivity contribution in [1.82, 2.24) is 4.98 Å². The average Bonchev–Trinajstić information content (AvgIpc) is 2.44. The molecule has 1 atom stereocenters. The predicted octanol–water partition coefficient (Wildman–Crippen LogP) is 3.83. The molecule has 1 N–H and O–H groups in total. The Morgan fingerprint density at radius 2 is 2.11 bits per heavy atom. The van der Waals surface area contributed by atoms with Crippen LogP contribution in [0.2, 0.25) is 0 Å². The lowest BCUT2D eigenvalue weighted by atomic mass is 10.1. The molecule has 4 heteroatoms. The first kappa shape index (κ1) is 13.3.